The van der Waals surface area contributed by atoms with Crippen molar-refractivity contribution in [1.82, 2.24) is 20.1 Å². The van der Waals surface area contributed by atoms with Gasteiger partial charge < -0.3 is 10.1 Å². The van der Waals surface area contributed by atoms with Crippen molar-refractivity contribution in [2.75, 3.05) is 19.4 Å². The van der Waals surface area contributed by atoms with Gasteiger partial charge in [0.15, 0.2) is 10.9 Å². The number of aromatic nitrogens is 3. The number of thioether (sulfide) groups is 1. The highest BCUT2D eigenvalue weighted by Gasteiger charge is 2.17. The van der Waals surface area contributed by atoms with Crippen LogP contribution in [0.15, 0.2) is 47.6 Å². The summed E-state index contributed by atoms with van der Waals surface area (Å²) in [4.78, 5) is 23.8. The molecule has 2 aromatic carbocycles. The first-order valence-electron chi connectivity index (χ1n) is 9.33. The van der Waals surface area contributed by atoms with Crippen molar-refractivity contribution in [1.29, 1.82) is 0 Å². The van der Waals surface area contributed by atoms with Crippen LogP contribution in [-0.4, -0.2) is 45.9 Å². The second-order valence-electron chi connectivity index (χ2n) is 6.50. The van der Waals surface area contributed by atoms with Crippen molar-refractivity contribution < 1.29 is 14.3 Å². The lowest BCUT2D eigenvalue weighted by Gasteiger charge is -2.12. The minimum absolute atomic E-state index is 0.0521. The van der Waals surface area contributed by atoms with Gasteiger partial charge in [0, 0.05) is 30.5 Å². The van der Waals surface area contributed by atoms with E-state index in [2.05, 4.69) is 15.5 Å². The van der Waals surface area contributed by atoms with E-state index in [0.717, 1.165) is 5.69 Å². The number of nitrogens with one attached hydrogen (secondary N) is 1. The number of rotatable bonds is 9. The maximum absolute atomic E-state index is 12.6. The van der Waals surface area contributed by atoms with Crippen molar-refractivity contribution in [3.63, 3.8) is 0 Å². The molecule has 0 unspecified atom stereocenters. The minimum atomic E-state index is -0.123. The van der Waals surface area contributed by atoms with Crippen LogP contribution < -0.4 is 10.1 Å². The third-order valence-electron chi connectivity index (χ3n) is 4.32. The maximum atomic E-state index is 12.6. The van der Waals surface area contributed by atoms with Crippen LogP contribution in [0.5, 0.6) is 5.75 Å². The Morgan fingerprint density at radius 1 is 1.13 bits per heavy atom. The molecule has 7 nitrogen and oxygen atoms in total. The highest BCUT2D eigenvalue weighted by molar-refractivity contribution is 7.99. The second-order valence-corrected chi connectivity index (χ2v) is 8.29. The van der Waals surface area contributed by atoms with Gasteiger partial charge in [-0.15, -0.1) is 10.2 Å². The first kappa shape index (κ1) is 23.1. The first-order valence-corrected chi connectivity index (χ1v) is 11.1. The highest BCUT2D eigenvalue weighted by atomic mass is 35.5. The smallest absolute Gasteiger partial charge is 0.216 e. The van der Waals surface area contributed by atoms with Crippen molar-refractivity contribution in [2.24, 2.45) is 0 Å². The monoisotopic (exact) mass is 478 g/mol. The zero-order chi connectivity index (χ0) is 22.4. The van der Waals surface area contributed by atoms with E-state index < -0.39 is 0 Å². The summed E-state index contributed by atoms with van der Waals surface area (Å²) in [5.74, 6) is 1.18. The molecular formula is C21H20Cl2N4O3S. The van der Waals surface area contributed by atoms with Gasteiger partial charge in [-0.1, -0.05) is 35.0 Å². The Labute approximate surface area is 194 Å². The van der Waals surface area contributed by atoms with Gasteiger partial charge in [0.05, 0.1) is 23.6 Å². The summed E-state index contributed by atoms with van der Waals surface area (Å²) in [6.45, 7) is 1.86. The number of benzene rings is 2. The normalized spacial score (nSPS) is 10.7. The van der Waals surface area contributed by atoms with E-state index in [1.165, 1.54) is 18.7 Å². The van der Waals surface area contributed by atoms with Crippen molar-refractivity contribution in [2.45, 2.75) is 18.5 Å². The number of halogens is 2. The van der Waals surface area contributed by atoms with Gasteiger partial charge in [0.25, 0.3) is 0 Å². The van der Waals surface area contributed by atoms with E-state index in [9.17, 15) is 9.59 Å². The molecule has 0 saturated carbocycles. The summed E-state index contributed by atoms with van der Waals surface area (Å²) in [6, 6.07) is 12.1. The Kier molecular flexibility index (Phi) is 7.95. The molecule has 0 radical (unpaired) electrons. The molecule has 0 atom stereocenters. The summed E-state index contributed by atoms with van der Waals surface area (Å²) < 4.78 is 7.05. The lowest BCUT2D eigenvalue weighted by molar-refractivity contribution is -0.118. The highest BCUT2D eigenvalue weighted by Crippen LogP contribution is 2.30. The number of ether oxygens (including phenoxy) is 1. The third-order valence-corrected chi connectivity index (χ3v) is 5.79. The molecule has 0 saturated heterocycles. The SMILES string of the molecule is COc1ccc(-n2c(CCNC(C)=O)nnc2SCC(=O)c2ccc(Cl)cc2)cc1Cl. The maximum Gasteiger partial charge on any atom is 0.216 e. The molecule has 3 rings (SSSR count). The molecule has 1 amide bonds. The summed E-state index contributed by atoms with van der Waals surface area (Å²) in [5, 5.41) is 12.8. The van der Waals surface area contributed by atoms with Gasteiger partial charge in [-0.3, -0.25) is 14.2 Å². The van der Waals surface area contributed by atoms with Gasteiger partial charge in [0.2, 0.25) is 5.91 Å². The molecule has 31 heavy (non-hydrogen) atoms. The number of hydrogen-bond acceptors (Lipinski definition) is 6. The van der Waals surface area contributed by atoms with Crippen LogP contribution in [0.1, 0.15) is 23.1 Å². The predicted octanol–water partition coefficient (Wildman–Crippen LogP) is 4.24. The number of methoxy groups -OCH3 is 1. The first-order chi connectivity index (χ1) is 14.9. The van der Waals surface area contributed by atoms with Gasteiger partial charge >= 0.3 is 0 Å². The molecule has 1 aromatic heterocycles. The molecule has 1 N–H and O–H groups in total. The number of Topliss-reactive ketones (excluding diaryl/α,β-unsaturated/α-hetero) is 1. The molecule has 0 aliphatic carbocycles. The van der Waals surface area contributed by atoms with E-state index in [-0.39, 0.29) is 17.4 Å². The van der Waals surface area contributed by atoms with Crippen LogP contribution in [0.4, 0.5) is 0 Å². The molecule has 0 spiro atoms. The summed E-state index contributed by atoms with van der Waals surface area (Å²) in [5.41, 5.74) is 1.30. The van der Waals surface area contributed by atoms with Crippen LogP contribution in [0.25, 0.3) is 5.69 Å². The zero-order valence-corrected chi connectivity index (χ0v) is 19.2. The topological polar surface area (TPSA) is 86.1 Å². The Morgan fingerprint density at radius 3 is 2.52 bits per heavy atom. The van der Waals surface area contributed by atoms with E-state index in [0.29, 0.717) is 45.3 Å². The fourth-order valence-corrected chi connectivity index (χ4v) is 4.05. The minimum Gasteiger partial charge on any atom is -0.495 e. The third kappa shape index (κ3) is 6.00. The quantitative estimate of drug-likeness (QED) is 0.365. The molecule has 0 bridgehead atoms. The molecule has 0 aliphatic heterocycles. The molecular weight excluding hydrogens is 459 g/mol. The van der Waals surface area contributed by atoms with Crippen LogP contribution in [0, 0.1) is 0 Å². The van der Waals surface area contributed by atoms with Crippen LogP contribution in [0.3, 0.4) is 0 Å². The van der Waals surface area contributed by atoms with E-state index in [1.807, 2.05) is 10.6 Å². The van der Waals surface area contributed by atoms with Crippen molar-refractivity contribution in [3.8, 4) is 11.4 Å². The predicted molar refractivity (Wildman–Crippen MR) is 122 cm³/mol. The van der Waals surface area contributed by atoms with Crippen LogP contribution >= 0.6 is 35.0 Å². The molecule has 3 aromatic rings. The lowest BCUT2D eigenvalue weighted by atomic mass is 10.1. The fraction of sp³-hybridized carbons (Fsp3) is 0.238. The second kappa shape index (κ2) is 10.7. The van der Waals surface area contributed by atoms with Gasteiger partial charge in [-0.2, -0.15) is 0 Å². The molecule has 10 heteroatoms. The number of carbonyl (C=O) groups is 2. The van der Waals surface area contributed by atoms with E-state index in [4.69, 9.17) is 27.9 Å². The Balaban J connectivity index is 1.85. The number of amides is 1. The molecule has 1 heterocycles. The summed E-state index contributed by atoms with van der Waals surface area (Å²) >= 11 is 13.5. The Hall–Kier alpha value is -2.55. The van der Waals surface area contributed by atoms with Gasteiger partial charge in [-0.25, -0.2) is 0 Å². The van der Waals surface area contributed by atoms with E-state index >= 15 is 0 Å². The number of hydrogen-bond donors (Lipinski definition) is 1. The van der Waals surface area contributed by atoms with Crippen molar-refractivity contribution >= 4 is 46.7 Å². The average molecular weight is 479 g/mol. The Morgan fingerprint density at radius 2 is 1.87 bits per heavy atom. The Bertz CT molecular complexity index is 1090. The summed E-state index contributed by atoms with van der Waals surface area (Å²) in [6.07, 6.45) is 0.460. The molecule has 162 valence electrons. The fourth-order valence-electron chi connectivity index (χ4n) is 2.81. The number of carbonyl (C=O) groups excluding carboxylic acids is 2. The van der Waals surface area contributed by atoms with Gasteiger partial charge in [-0.05, 0) is 42.5 Å². The van der Waals surface area contributed by atoms with Crippen molar-refractivity contribution in [3.05, 3.63) is 63.9 Å². The standard InChI is InChI=1S/C21H20Cl2N4O3S/c1-13(28)24-10-9-20-25-26-21(27(20)16-7-8-19(30-2)17(23)11-16)31-12-18(29)14-3-5-15(22)6-4-14/h3-8,11H,9-10,12H2,1-2H3,(H,24,28). The number of ketones is 1. The molecule has 0 fully saturated rings. The number of nitrogens with zero attached hydrogens (tertiary/aromatic N) is 3. The summed E-state index contributed by atoms with van der Waals surface area (Å²) in [7, 11) is 1.54. The van der Waals surface area contributed by atoms with Gasteiger partial charge in [0.1, 0.15) is 11.6 Å². The molecule has 0 aliphatic rings. The largest absolute Gasteiger partial charge is 0.495 e. The van der Waals surface area contributed by atoms with Crippen LogP contribution in [-0.2, 0) is 11.2 Å². The average Bonchev–Trinajstić information content (AvgIpc) is 3.15. The van der Waals surface area contributed by atoms with Crippen LogP contribution in [0.2, 0.25) is 10.0 Å². The lowest BCUT2D eigenvalue weighted by Crippen LogP contribution is -2.23. The van der Waals surface area contributed by atoms with E-state index in [1.54, 1.807) is 43.5 Å². The zero-order valence-electron chi connectivity index (χ0n) is 16.9.